The number of hydrogen-bond acceptors (Lipinski definition) is 1. The van der Waals surface area contributed by atoms with Crippen LogP contribution in [-0.4, -0.2) is 0 Å². The minimum absolute atomic E-state index is 1.04. The highest BCUT2D eigenvalue weighted by molar-refractivity contribution is 8.01. The van der Waals surface area contributed by atoms with E-state index in [1.807, 2.05) is 11.8 Å². The fraction of sp³-hybridized carbons (Fsp3) is 0.263. The molecule has 0 aliphatic rings. The topological polar surface area (TPSA) is 0 Å². The fourth-order valence-corrected chi connectivity index (χ4v) is 3.12. The van der Waals surface area contributed by atoms with Crippen LogP contribution in [0.1, 0.15) is 33.4 Å². The second-order valence-corrected chi connectivity index (χ2v) is 6.30. The summed E-state index contributed by atoms with van der Waals surface area (Å²) in [5, 5.41) is 2.21. The quantitative estimate of drug-likeness (QED) is 0.680. The highest BCUT2D eigenvalue weighted by atomic mass is 32.2. The lowest BCUT2D eigenvalue weighted by Crippen LogP contribution is -1.86. The van der Waals surface area contributed by atoms with Gasteiger partial charge in [0, 0.05) is 5.75 Å². The average Bonchev–Trinajstić information content (AvgIpc) is 2.39. The van der Waals surface area contributed by atoms with Crippen molar-refractivity contribution in [3.63, 3.8) is 0 Å². The van der Waals surface area contributed by atoms with Gasteiger partial charge in [-0.25, -0.2) is 0 Å². The Hall–Kier alpha value is -1.47. The van der Waals surface area contributed by atoms with Crippen molar-refractivity contribution < 1.29 is 0 Å². The van der Waals surface area contributed by atoms with Crippen LogP contribution in [0, 0.1) is 27.7 Å². The molecular formula is C19H22S. The van der Waals surface area contributed by atoms with Crippen LogP contribution in [0.25, 0.3) is 6.08 Å². The van der Waals surface area contributed by atoms with Gasteiger partial charge in [-0.05, 0) is 61.4 Å². The van der Waals surface area contributed by atoms with Crippen LogP contribution in [0.5, 0.6) is 0 Å². The van der Waals surface area contributed by atoms with Gasteiger partial charge in [0.1, 0.15) is 0 Å². The van der Waals surface area contributed by atoms with Gasteiger partial charge in [0.15, 0.2) is 0 Å². The third kappa shape index (κ3) is 4.01. The minimum Gasteiger partial charge on any atom is -0.129 e. The Balaban J connectivity index is 1.97. The number of aryl methyl sites for hydroxylation is 4. The van der Waals surface area contributed by atoms with Crippen LogP contribution < -0.4 is 0 Å². The van der Waals surface area contributed by atoms with Crippen molar-refractivity contribution in [3.8, 4) is 0 Å². The second-order valence-electron chi connectivity index (χ2n) is 5.40. The van der Waals surface area contributed by atoms with E-state index >= 15 is 0 Å². The lowest BCUT2D eigenvalue weighted by atomic mass is 10.1. The second kappa shape index (κ2) is 6.81. The molecule has 104 valence electrons. The summed E-state index contributed by atoms with van der Waals surface area (Å²) in [6.07, 6.45) is 2.21. The van der Waals surface area contributed by atoms with E-state index < -0.39 is 0 Å². The highest BCUT2D eigenvalue weighted by Gasteiger charge is 1.98. The van der Waals surface area contributed by atoms with Crippen LogP contribution in [-0.2, 0) is 5.75 Å². The van der Waals surface area contributed by atoms with Gasteiger partial charge < -0.3 is 0 Å². The van der Waals surface area contributed by atoms with Gasteiger partial charge in [0.2, 0.25) is 0 Å². The summed E-state index contributed by atoms with van der Waals surface area (Å²) >= 11 is 1.85. The van der Waals surface area contributed by atoms with Crippen molar-refractivity contribution in [1.82, 2.24) is 0 Å². The highest BCUT2D eigenvalue weighted by Crippen LogP contribution is 2.20. The van der Waals surface area contributed by atoms with Crippen molar-refractivity contribution in [1.29, 1.82) is 0 Å². The van der Waals surface area contributed by atoms with Crippen LogP contribution in [0.3, 0.4) is 0 Å². The maximum Gasteiger partial charge on any atom is 0.0228 e. The largest absolute Gasteiger partial charge is 0.129 e. The molecule has 0 aromatic heterocycles. The molecule has 0 fully saturated rings. The Morgan fingerprint density at radius 3 is 2.15 bits per heavy atom. The molecular weight excluding hydrogens is 260 g/mol. The first kappa shape index (κ1) is 14.9. The number of hydrogen-bond donors (Lipinski definition) is 0. The zero-order chi connectivity index (χ0) is 14.5. The summed E-state index contributed by atoms with van der Waals surface area (Å²) in [4.78, 5) is 0. The molecule has 2 rings (SSSR count). The van der Waals surface area contributed by atoms with E-state index in [0.717, 1.165) is 5.75 Å². The minimum atomic E-state index is 1.04. The van der Waals surface area contributed by atoms with Gasteiger partial charge in [0.25, 0.3) is 0 Å². The van der Waals surface area contributed by atoms with Crippen molar-refractivity contribution >= 4 is 17.8 Å². The third-order valence-electron chi connectivity index (χ3n) is 3.51. The molecule has 0 saturated heterocycles. The van der Waals surface area contributed by atoms with E-state index in [4.69, 9.17) is 0 Å². The normalized spacial score (nSPS) is 11.2. The SMILES string of the molecule is Cc1ccc(/C=C\SCc2ccc(C)cc2C)c(C)c1. The van der Waals surface area contributed by atoms with Crippen molar-refractivity contribution in [2.75, 3.05) is 0 Å². The van der Waals surface area contributed by atoms with Crippen LogP contribution in [0.2, 0.25) is 0 Å². The lowest BCUT2D eigenvalue weighted by molar-refractivity contribution is 1.28. The smallest absolute Gasteiger partial charge is 0.0228 e. The summed E-state index contributed by atoms with van der Waals surface area (Å²) in [6.45, 7) is 8.64. The first-order valence-electron chi connectivity index (χ1n) is 6.98. The molecule has 0 bridgehead atoms. The summed E-state index contributed by atoms with van der Waals surface area (Å²) in [5.74, 6) is 1.04. The van der Waals surface area contributed by atoms with Crippen molar-refractivity contribution in [2.45, 2.75) is 33.4 Å². The average molecular weight is 282 g/mol. The Kier molecular flexibility index (Phi) is 5.08. The van der Waals surface area contributed by atoms with Crippen molar-refractivity contribution in [2.24, 2.45) is 0 Å². The van der Waals surface area contributed by atoms with Gasteiger partial charge >= 0.3 is 0 Å². The van der Waals surface area contributed by atoms with Crippen LogP contribution >= 0.6 is 11.8 Å². The molecule has 0 atom stereocenters. The first-order valence-corrected chi connectivity index (χ1v) is 8.02. The molecule has 0 spiro atoms. The molecule has 0 aliphatic heterocycles. The standard InChI is InChI=1S/C19H22S/c1-14-5-7-18(16(3)11-14)9-10-20-13-19-8-6-15(2)12-17(19)4/h5-12H,13H2,1-4H3/b10-9-. The zero-order valence-electron chi connectivity index (χ0n) is 12.7. The number of benzene rings is 2. The Morgan fingerprint density at radius 2 is 1.50 bits per heavy atom. The monoisotopic (exact) mass is 282 g/mol. The molecule has 0 saturated carbocycles. The molecule has 0 unspecified atom stereocenters. The zero-order valence-corrected chi connectivity index (χ0v) is 13.6. The summed E-state index contributed by atoms with van der Waals surface area (Å²) < 4.78 is 0. The van der Waals surface area contributed by atoms with E-state index in [1.165, 1.54) is 33.4 Å². The molecule has 0 aliphatic carbocycles. The fourth-order valence-electron chi connectivity index (χ4n) is 2.28. The molecule has 2 aromatic rings. The number of thioether (sulfide) groups is 1. The molecule has 2 aromatic carbocycles. The first-order chi connectivity index (χ1) is 9.56. The molecule has 0 heterocycles. The molecule has 0 N–H and O–H groups in total. The van der Waals surface area contributed by atoms with Crippen LogP contribution in [0.15, 0.2) is 41.8 Å². The Bertz CT molecular complexity index is 624. The van der Waals surface area contributed by atoms with Crippen LogP contribution in [0.4, 0.5) is 0 Å². The summed E-state index contributed by atoms with van der Waals surface area (Å²) in [5.41, 5.74) is 8.12. The van der Waals surface area contributed by atoms with E-state index in [9.17, 15) is 0 Å². The van der Waals surface area contributed by atoms with E-state index in [-0.39, 0.29) is 0 Å². The Labute approximate surface area is 126 Å². The predicted octanol–water partition coefficient (Wildman–Crippen LogP) is 5.82. The van der Waals surface area contributed by atoms with Gasteiger partial charge in [-0.2, -0.15) is 0 Å². The van der Waals surface area contributed by atoms with Gasteiger partial charge in [0.05, 0.1) is 0 Å². The Morgan fingerprint density at radius 1 is 0.850 bits per heavy atom. The predicted molar refractivity (Wildman–Crippen MR) is 92.2 cm³/mol. The molecule has 0 amide bonds. The third-order valence-corrected chi connectivity index (χ3v) is 4.31. The number of rotatable bonds is 4. The summed E-state index contributed by atoms with van der Waals surface area (Å²) in [6, 6.07) is 13.3. The molecule has 20 heavy (non-hydrogen) atoms. The van der Waals surface area contributed by atoms with E-state index in [1.54, 1.807) is 0 Å². The van der Waals surface area contributed by atoms with Crippen molar-refractivity contribution in [3.05, 3.63) is 75.2 Å². The summed E-state index contributed by atoms with van der Waals surface area (Å²) in [7, 11) is 0. The van der Waals surface area contributed by atoms with Gasteiger partial charge in [-0.3, -0.25) is 0 Å². The van der Waals surface area contributed by atoms with Gasteiger partial charge in [-0.1, -0.05) is 47.5 Å². The molecule has 1 heteroatoms. The van der Waals surface area contributed by atoms with Gasteiger partial charge in [-0.15, -0.1) is 11.8 Å². The lowest BCUT2D eigenvalue weighted by Gasteiger charge is -2.05. The van der Waals surface area contributed by atoms with E-state index in [2.05, 4.69) is 75.6 Å². The maximum absolute atomic E-state index is 2.25. The molecule has 0 radical (unpaired) electrons. The van der Waals surface area contributed by atoms with E-state index in [0.29, 0.717) is 0 Å². The maximum atomic E-state index is 2.25. The molecule has 0 nitrogen and oxygen atoms in total.